The molecule has 0 atom stereocenters. The summed E-state index contributed by atoms with van der Waals surface area (Å²) in [5.74, 6) is -1.70. The van der Waals surface area contributed by atoms with Crippen LogP contribution in [0.3, 0.4) is 0 Å². The van der Waals surface area contributed by atoms with Gasteiger partial charge in [-0.2, -0.15) is 0 Å². The number of carboxylic acid groups (broad SMARTS) is 2. The average Bonchev–Trinajstić information content (AvgIpc) is 2.17. The first-order valence-corrected chi connectivity index (χ1v) is 5.34. The molecule has 0 unspecified atom stereocenters. The van der Waals surface area contributed by atoms with E-state index in [1.54, 1.807) is 18.2 Å². The SMILES string of the molecule is CC(=O)O.CCC.Cc1cccc(C(=O)O)c1. The van der Waals surface area contributed by atoms with E-state index in [9.17, 15) is 4.79 Å². The van der Waals surface area contributed by atoms with Crippen molar-refractivity contribution >= 4 is 11.9 Å². The molecular weight excluding hydrogens is 220 g/mol. The van der Waals surface area contributed by atoms with Crippen LogP contribution >= 0.6 is 0 Å². The van der Waals surface area contributed by atoms with E-state index < -0.39 is 11.9 Å². The van der Waals surface area contributed by atoms with Crippen molar-refractivity contribution in [2.75, 3.05) is 0 Å². The molecule has 1 aromatic rings. The number of rotatable bonds is 1. The molecule has 0 radical (unpaired) electrons. The summed E-state index contributed by atoms with van der Waals surface area (Å²) in [6, 6.07) is 6.82. The van der Waals surface area contributed by atoms with E-state index in [4.69, 9.17) is 15.0 Å². The number of hydrogen-bond acceptors (Lipinski definition) is 2. The fourth-order valence-corrected chi connectivity index (χ4v) is 0.778. The standard InChI is InChI=1S/C8H8O2.C3H8.C2H4O2/c1-6-3-2-4-7(5-6)8(9)10;1-3-2;1-2(3)4/h2-5H,1H3,(H,9,10);3H2,1-2H3;1H3,(H,3,4). The van der Waals surface area contributed by atoms with Gasteiger partial charge in [0.2, 0.25) is 0 Å². The third-order valence-electron chi connectivity index (χ3n) is 1.27. The third kappa shape index (κ3) is 14.2. The van der Waals surface area contributed by atoms with Crippen LogP contribution in [0.2, 0.25) is 0 Å². The van der Waals surface area contributed by atoms with Crippen molar-refractivity contribution in [1.82, 2.24) is 0 Å². The normalized spacial score (nSPS) is 8.00. The monoisotopic (exact) mass is 240 g/mol. The van der Waals surface area contributed by atoms with Gasteiger partial charge in [-0.3, -0.25) is 4.79 Å². The first kappa shape index (κ1) is 17.6. The van der Waals surface area contributed by atoms with Crippen molar-refractivity contribution in [2.45, 2.75) is 34.1 Å². The van der Waals surface area contributed by atoms with Gasteiger partial charge < -0.3 is 10.2 Å². The van der Waals surface area contributed by atoms with Crippen molar-refractivity contribution < 1.29 is 19.8 Å². The molecule has 0 bridgehead atoms. The fraction of sp³-hybridized carbons (Fsp3) is 0.385. The summed E-state index contributed by atoms with van der Waals surface area (Å²) in [6.45, 7) is 7.20. The van der Waals surface area contributed by atoms with E-state index in [0.717, 1.165) is 12.5 Å². The minimum atomic E-state index is -0.872. The van der Waals surface area contributed by atoms with Gasteiger partial charge in [0.05, 0.1) is 5.56 Å². The zero-order valence-corrected chi connectivity index (χ0v) is 10.7. The maximum absolute atomic E-state index is 10.4. The van der Waals surface area contributed by atoms with Crippen LogP contribution in [0.25, 0.3) is 0 Å². The van der Waals surface area contributed by atoms with Gasteiger partial charge in [0, 0.05) is 6.92 Å². The summed E-state index contributed by atoms with van der Waals surface area (Å²) in [5, 5.41) is 15.9. The number of hydrogen-bond donors (Lipinski definition) is 2. The Kier molecular flexibility index (Phi) is 11.0. The van der Waals surface area contributed by atoms with E-state index in [1.807, 2.05) is 13.0 Å². The van der Waals surface area contributed by atoms with Gasteiger partial charge in [-0.25, -0.2) is 4.79 Å². The number of aromatic carboxylic acids is 1. The molecule has 96 valence electrons. The molecule has 0 spiro atoms. The Morgan fingerprint density at radius 2 is 1.59 bits per heavy atom. The third-order valence-corrected chi connectivity index (χ3v) is 1.27. The van der Waals surface area contributed by atoms with Crippen molar-refractivity contribution in [3.63, 3.8) is 0 Å². The van der Waals surface area contributed by atoms with Gasteiger partial charge in [0.15, 0.2) is 0 Å². The van der Waals surface area contributed by atoms with Crippen LogP contribution in [-0.2, 0) is 4.79 Å². The summed E-state index contributed by atoms with van der Waals surface area (Å²) < 4.78 is 0. The molecule has 4 heteroatoms. The highest BCUT2D eigenvalue weighted by atomic mass is 16.4. The molecule has 1 aromatic carbocycles. The maximum atomic E-state index is 10.4. The molecule has 4 nitrogen and oxygen atoms in total. The Bertz CT molecular complexity index is 341. The Morgan fingerprint density at radius 1 is 1.18 bits per heavy atom. The predicted molar refractivity (Wildman–Crippen MR) is 67.4 cm³/mol. The summed E-state index contributed by atoms with van der Waals surface area (Å²) in [5.41, 5.74) is 1.32. The number of carboxylic acids is 2. The maximum Gasteiger partial charge on any atom is 0.335 e. The second-order valence-corrected chi connectivity index (χ2v) is 3.40. The van der Waals surface area contributed by atoms with Crippen LogP contribution in [0.4, 0.5) is 0 Å². The van der Waals surface area contributed by atoms with Gasteiger partial charge in [-0.1, -0.05) is 38.0 Å². The lowest BCUT2D eigenvalue weighted by molar-refractivity contribution is -0.134. The number of aryl methyl sites for hydroxylation is 1. The second-order valence-electron chi connectivity index (χ2n) is 3.40. The smallest absolute Gasteiger partial charge is 0.335 e. The van der Waals surface area contributed by atoms with Gasteiger partial charge in [0.1, 0.15) is 0 Å². The summed E-state index contributed by atoms with van der Waals surface area (Å²) in [6.07, 6.45) is 1.25. The molecule has 1 rings (SSSR count). The molecule has 2 N–H and O–H groups in total. The molecule has 0 fully saturated rings. The van der Waals surface area contributed by atoms with Crippen LogP contribution in [0.5, 0.6) is 0 Å². The van der Waals surface area contributed by atoms with Gasteiger partial charge in [-0.15, -0.1) is 0 Å². The van der Waals surface area contributed by atoms with Crippen LogP contribution in [0, 0.1) is 6.92 Å². The lowest BCUT2D eigenvalue weighted by atomic mass is 10.1. The first-order chi connectivity index (χ1) is 7.84. The summed E-state index contributed by atoms with van der Waals surface area (Å²) in [4.78, 5) is 19.4. The highest BCUT2D eigenvalue weighted by molar-refractivity contribution is 5.87. The van der Waals surface area contributed by atoms with Crippen molar-refractivity contribution in [3.05, 3.63) is 35.4 Å². The molecule has 0 aromatic heterocycles. The topological polar surface area (TPSA) is 74.6 Å². The Hall–Kier alpha value is -1.84. The second kappa shape index (κ2) is 10.7. The van der Waals surface area contributed by atoms with Crippen molar-refractivity contribution in [1.29, 1.82) is 0 Å². The predicted octanol–water partition coefficient (Wildman–Crippen LogP) is 3.20. The molecule has 17 heavy (non-hydrogen) atoms. The molecule has 0 aliphatic carbocycles. The molecule has 0 saturated heterocycles. The zero-order chi connectivity index (χ0) is 13.8. The number of benzene rings is 1. The van der Waals surface area contributed by atoms with Gasteiger partial charge >= 0.3 is 5.97 Å². The highest BCUT2D eigenvalue weighted by Gasteiger charge is 1.99. The Labute approximate surface area is 102 Å². The number of carbonyl (C=O) groups is 2. The quantitative estimate of drug-likeness (QED) is 0.790. The first-order valence-electron chi connectivity index (χ1n) is 5.34. The largest absolute Gasteiger partial charge is 0.481 e. The zero-order valence-electron chi connectivity index (χ0n) is 10.7. The molecule has 0 aliphatic rings. The summed E-state index contributed by atoms with van der Waals surface area (Å²) >= 11 is 0. The molecule has 0 aliphatic heterocycles. The van der Waals surface area contributed by atoms with E-state index in [-0.39, 0.29) is 0 Å². The average molecular weight is 240 g/mol. The minimum Gasteiger partial charge on any atom is -0.481 e. The van der Waals surface area contributed by atoms with Crippen LogP contribution < -0.4 is 0 Å². The van der Waals surface area contributed by atoms with Crippen LogP contribution in [0.1, 0.15) is 43.1 Å². The van der Waals surface area contributed by atoms with E-state index in [0.29, 0.717) is 5.56 Å². The lowest BCUT2D eigenvalue weighted by Crippen LogP contribution is -1.95. The van der Waals surface area contributed by atoms with E-state index in [1.165, 1.54) is 6.42 Å². The molecule has 0 amide bonds. The Balaban J connectivity index is 0. The summed E-state index contributed by atoms with van der Waals surface area (Å²) in [7, 11) is 0. The molecular formula is C13H20O4. The number of aliphatic carboxylic acids is 1. The van der Waals surface area contributed by atoms with Crippen molar-refractivity contribution in [3.8, 4) is 0 Å². The van der Waals surface area contributed by atoms with E-state index in [2.05, 4.69) is 13.8 Å². The Morgan fingerprint density at radius 3 is 1.82 bits per heavy atom. The lowest BCUT2D eigenvalue weighted by Gasteiger charge is -1.93. The minimum absolute atomic E-state index is 0.347. The van der Waals surface area contributed by atoms with Gasteiger partial charge in [0.25, 0.3) is 5.97 Å². The highest BCUT2D eigenvalue weighted by Crippen LogP contribution is 2.02. The van der Waals surface area contributed by atoms with Crippen LogP contribution in [-0.4, -0.2) is 22.2 Å². The molecule has 0 heterocycles. The van der Waals surface area contributed by atoms with Crippen molar-refractivity contribution in [2.24, 2.45) is 0 Å². The fourth-order valence-electron chi connectivity index (χ4n) is 0.778. The molecule has 0 saturated carbocycles. The van der Waals surface area contributed by atoms with Crippen LogP contribution in [0.15, 0.2) is 24.3 Å². The van der Waals surface area contributed by atoms with Gasteiger partial charge in [-0.05, 0) is 19.1 Å². The van der Waals surface area contributed by atoms with E-state index >= 15 is 0 Å².